The number of halogens is 1. The van der Waals surface area contributed by atoms with Crippen LogP contribution in [0.3, 0.4) is 0 Å². The summed E-state index contributed by atoms with van der Waals surface area (Å²) in [7, 11) is -3.80. The number of sulfonamides is 1. The van der Waals surface area contributed by atoms with Crippen molar-refractivity contribution in [3.8, 4) is 5.75 Å². The van der Waals surface area contributed by atoms with Crippen LogP contribution in [-0.4, -0.2) is 113 Å². The quantitative estimate of drug-likeness (QED) is 0.243. The highest BCUT2D eigenvalue weighted by Gasteiger charge is 2.50. The molecule has 1 saturated carbocycles. The molecular weight excluding hydrogens is 724 g/mol. The van der Waals surface area contributed by atoms with E-state index >= 15 is 0 Å². The number of ether oxygens (including phenoxy) is 3. The molecule has 2 aromatic carbocycles. The number of fused-ring (bicyclic) bond motifs is 3. The van der Waals surface area contributed by atoms with Crippen LogP contribution in [0.5, 0.6) is 5.75 Å². The molecule has 3 aliphatic heterocycles. The summed E-state index contributed by atoms with van der Waals surface area (Å²) in [6.07, 6.45) is 10.8. The number of benzene rings is 2. The lowest BCUT2D eigenvalue weighted by atomic mass is 9.63. The lowest BCUT2D eigenvalue weighted by molar-refractivity contribution is -0.119. The van der Waals surface area contributed by atoms with Gasteiger partial charge in [0.05, 0.1) is 36.8 Å². The molecule has 2 aromatic rings. The number of carbonyl (C=O) groups is 1. The van der Waals surface area contributed by atoms with Crippen LogP contribution in [0.4, 0.5) is 5.69 Å². The number of nitrogens with one attached hydrogen (secondary N) is 1. The third-order valence-corrected chi connectivity index (χ3v) is 14.7. The zero-order valence-electron chi connectivity index (χ0n) is 32.5. The van der Waals surface area contributed by atoms with E-state index in [1.165, 1.54) is 11.1 Å². The van der Waals surface area contributed by atoms with E-state index in [9.17, 15) is 13.2 Å². The van der Waals surface area contributed by atoms with Gasteiger partial charge in [-0.3, -0.25) is 14.6 Å². The van der Waals surface area contributed by atoms with Crippen molar-refractivity contribution in [2.75, 3.05) is 77.1 Å². The van der Waals surface area contributed by atoms with Gasteiger partial charge < -0.3 is 19.1 Å². The number of nitrogens with zero attached hydrogens (tertiary/aromatic N) is 3. The molecule has 0 radical (unpaired) electrons. The van der Waals surface area contributed by atoms with Gasteiger partial charge in [-0.25, -0.2) is 13.1 Å². The molecule has 0 bridgehead atoms. The maximum Gasteiger partial charge on any atom is 0.264 e. The molecule has 0 unspecified atom stereocenters. The smallest absolute Gasteiger partial charge is 0.264 e. The molecule has 54 heavy (non-hydrogen) atoms. The molecular formula is C42H59ClN4O6S. The minimum Gasteiger partial charge on any atom is -0.490 e. The number of carbonyl (C=O) groups excluding carboxylic acids is 1. The number of hydrogen-bond donors (Lipinski definition) is 1. The van der Waals surface area contributed by atoms with E-state index in [2.05, 4.69) is 57.6 Å². The summed E-state index contributed by atoms with van der Waals surface area (Å²) in [5.74, 6) is 0.724. The highest BCUT2D eigenvalue weighted by atomic mass is 35.5. The standard InChI is InChI=1S/C42H59ClN4O6S/c1-5-7-17-42(53-6-2,28-45-18-20-46(21-19-45)35-25-51-26-35)37-13-10-33(37)24-47-27-41(16-8-9-31-22-34(43)12-14-36(31)41)29-52-39-15-11-32(23-38(39)47)40(48)44-54(49,50)30(3)4/h7,11-12,14-15,17,22-23,30,33,35,37H,5-6,8-10,13,16,18-21,24-29H2,1-4H3,(H,44,48)/b17-7+/t33-,37+,41-,42+/m0/s1. The number of anilines is 1. The first-order chi connectivity index (χ1) is 26.0. The van der Waals surface area contributed by atoms with Gasteiger partial charge in [0.2, 0.25) is 10.0 Å². The van der Waals surface area contributed by atoms with Gasteiger partial charge in [0, 0.05) is 68.4 Å². The first kappa shape index (κ1) is 39.6. The molecule has 2 aliphatic carbocycles. The fourth-order valence-electron chi connectivity index (χ4n) is 9.43. The molecule has 296 valence electrons. The lowest BCUT2D eigenvalue weighted by Gasteiger charge is -2.53. The Bertz CT molecular complexity index is 1790. The second-order valence-electron chi connectivity index (χ2n) is 16.5. The number of rotatable bonds is 13. The van der Waals surface area contributed by atoms with Crippen molar-refractivity contribution < 1.29 is 27.4 Å². The Kier molecular flexibility index (Phi) is 12.0. The Morgan fingerprint density at radius 2 is 1.91 bits per heavy atom. The average molecular weight is 783 g/mol. The Morgan fingerprint density at radius 1 is 1.11 bits per heavy atom. The van der Waals surface area contributed by atoms with E-state index in [0.29, 0.717) is 48.9 Å². The first-order valence-electron chi connectivity index (χ1n) is 20.2. The molecule has 5 aliphatic rings. The monoisotopic (exact) mass is 782 g/mol. The molecule has 1 spiro atoms. The second-order valence-corrected chi connectivity index (χ2v) is 19.1. The largest absolute Gasteiger partial charge is 0.490 e. The van der Waals surface area contributed by atoms with Crippen molar-refractivity contribution in [3.05, 3.63) is 70.3 Å². The van der Waals surface area contributed by atoms with Gasteiger partial charge in [0.15, 0.2) is 0 Å². The molecule has 3 heterocycles. The van der Waals surface area contributed by atoms with Crippen molar-refractivity contribution in [2.24, 2.45) is 11.8 Å². The maximum absolute atomic E-state index is 13.4. The molecule has 10 nitrogen and oxygen atoms in total. The predicted molar refractivity (Wildman–Crippen MR) is 214 cm³/mol. The van der Waals surface area contributed by atoms with Crippen molar-refractivity contribution in [1.29, 1.82) is 0 Å². The molecule has 4 atom stereocenters. The Labute approximate surface area is 327 Å². The average Bonchev–Trinajstić information content (AvgIpc) is 3.25. The molecule has 7 rings (SSSR count). The van der Waals surface area contributed by atoms with Crippen LogP contribution in [0.15, 0.2) is 48.6 Å². The van der Waals surface area contributed by atoms with Crippen LogP contribution in [0.1, 0.15) is 81.3 Å². The van der Waals surface area contributed by atoms with Crippen LogP contribution in [-0.2, 0) is 31.3 Å². The predicted octanol–water partition coefficient (Wildman–Crippen LogP) is 6.07. The summed E-state index contributed by atoms with van der Waals surface area (Å²) >= 11 is 6.52. The van der Waals surface area contributed by atoms with Crippen molar-refractivity contribution in [3.63, 3.8) is 0 Å². The van der Waals surface area contributed by atoms with E-state index in [0.717, 1.165) is 102 Å². The number of piperazine rings is 1. The van der Waals surface area contributed by atoms with Gasteiger partial charge in [0.25, 0.3) is 5.91 Å². The molecule has 0 aromatic heterocycles. The SMILES string of the molecule is CC/C=C/[C@](CN1CCN(C2COC2)CC1)(OCC)[C@@H]1CC[C@H]1CN1C[C@@]2(CCCc3cc(Cl)ccc32)COc2ccc(C(=O)NS(=O)(=O)C(C)C)cc21. The summed E-state index contributed by atoms with van der Waals surface area (Å²) in [6.45, 7) is 16.7. The number of amides is 1. The van der Waals surface area contributed by atoms with Crippen molar-refractivity contribution in [1.82, 2.24) is 14.5 Å². The van der Waals surface area contributed by atoms with Gasteiger partial charge in [-0.05, 0) is 113 Å². The molecule has 2 saturated heterocycles. The van der Waals surface area contributed by atoms with Gasteiger partial charge in [-0.2, -0.15) is 0 Å². The first-order valence-corrected chi connectivity index (χ1v) is 22.1. The zero-order chi connectivity index (χ0) is 38.1. The third kappa shape index (κ3) is 8.09. The fourth-order valence-corrected chi connectivity index (χ4v) is 10.2. The minimum absolute atomic E-state index is 0.274. The topological polar surface area (TPSA) is 101 Å². The van der Waals surface area contributed by atoms with Gasteiger partial charge in [0.1, 0.15) is 11.4 Å². The van der Waals surface area contributed by atoms with E-state index in [-0.39, 0.29) is 5.41 Å². The Hall–Kier alpha value is -2.67. The van der Waals surface area contributed by atoms with Gasteiger partial charge >= 0.3 is 0 Å². The van der Waals surface area contributed by atoms with Crippen LogP contribution >= 0.6 is 11.6 Å². The molecule has 3 fully saturated rings. The summed E-state index contributed by atoms with van der Waals surface area (Å²) < 4.78 is 46.8. The Balaban J connectivity index is 1.20. The van der Waals surface area contributed by atoms with E-state index in [4.69, 9.17) is 25.8 Å². The van der Waals surface area contributed by atoms with Gasteiger partial charge in [-0.1, -0.05) is 36.7 Å². The molecule has 1 N–H and O–H groups in total. The number of hydrogen-bond acceptors (Lipinski definition) is 9. The summed E-state index contributed by atoms with van der Waals surface area (Å²) in [5.41, 5.74) is 2.99. The van der Waals surface area contributed by atoms with E-state index in [1.54, 1.807) is 19.9 Å². The zero-order valence-corrected chi connectivity index (χ0v) is 34.1. The highest BCUT2D eigenvalue weighted by Crippen LogP contribution is 2.49. The minimum atomic E-state index is -3.80. The number of aryl methyl sites for hydroxylation is 1. The van der Waals surface area contributed by atoms with Crippen LogP contribution in [0.25, 0.3) is 0 Å². The third-order valence-electron chi connectivity index (χ3n) is 12.7. The lowest BCUT2D eigenvalue weighted by Crippen LogP contribution is -2.61. The number of allylic oxidation sites excluding steroid dienone is 1. The van der Waals surface area contributed by atoms with Crippen LogP contribution in [0, 0.1) is 11.8 Å². The molecule has 12 heteroatoms. The second kappa shape index (κ2) is 16.4. The normalized spacial score (nSPS) is 26.4. The maximum atomic E-state index is 13.4. The van der Waals surface area contributed by atoms with Crippen LogP contribution in [0.2, 0.25) is 5.02 Å². The van der Waals surface area contributed by atoms with Crippen LogP contribution < -0.4 is 14.4 Å². The van der Waals surface area contributed by atoms with E-state index in [1.807, 2.05) is 18.2 Å². The highest BCUT2D eigenvalue weighted by molar-refractivity contribution is 7.90. The Morgan fingerprint density at radius 3 is 2.57 bits per heavy atom. The van der Waals surface area contributed by atoms with E-state index < -0.39 is 26.8 Å². The fraction of sp³-hybridized carbons (Fsp3) is 0.643. The van der Waals surface area contributed by atoms with Crippen molar-refractivity contribution >= 4 is 33.2 Å². The molecule has 1 amide bonds. The van der Waals surface area contributed by atoms with Gasteiger partial charge in [-0.15, -0.1) is 0 Å². The summed E-state index contributed by atoms with van der Waals surface area (Å²) in [5, 5.41) is 0.0154. The van der Waals surface area contributed by atoms with Crippen molar-refractivity contribution in [2.45, 2.75) is 88.5 Å². The summed E-state index contributed by atoms with van der Waals surface area (Å²) in [6, 6.07) is 12.2. The summed E-state index contributed by atoms with van der Waals surface area (Å²) in [4.78, 5) is 21.1.